The van der Waals surface area contributed by atoms with Gasteiger partial charge in [0.15, 0.2) is 0 Å². The van der Waals surface area contributed by atoms with Gasteiger partial charge in [0.05, 0.1) is 7.11 Å². The summed E-state index contributed by atoms with van der Waals surface area (Å²) < 4.78 is 5.31. The average Bonchev–Trinajstić information content (AvgIpc) is 2.55. The van der Waals surface area contributed by atoms with E-state index < -0.39 is 0 Å². The largest absolute Gasteiger partial charge is 0.496 e. The summed E-state index contributed by atoms with van der Waals surface area (Å²) in [6.07, 6.45) is 1.90. The zero-order valence-electron chi connectivity index (χ0n) is 13.8. The number of nitrogens with two attached hydrogens (primary N) is 1. The van der Waals surface area contributed by atoms with Crippen LogP contribution in [-0.4, -0.2) is 19.6 Å². The fraction of sp³-hybridized carbons (Fsp3) is 0.316. The number of nitrogen functional groups attached to an aromatic ring is 1. The van der Waals surface area contributed by atoms with Gasteiger partial charge in [-0.3, -0.25) is 4.79 Å². The van der Waals surface area contributed by atoms with E-state index in [4.69, 9.17) is 10.5 Å². The Kier molecular flexibility index (Phi) is 6.03. The third-order valence-electron chi connectivity index (χ3n) is 3.88. The van der Waals surface area contributed by atoms with Crippen LogP contribution in [0.4, 0.5) is 5.69 Å². The van der Waals surface area contributed by atoms with E-state index in [0.717, 1.165) is 34.5 Å². The first-order valence-corrected chi connectivity index (χ1v) is 7.83. The van der Waals surface area contributed by atoms with Crippen molar-refractivity contribution in [2.75, 3.05) is 19.4 Å². The lowest BCUT2D eigenvalue weighted by atomic mass is 10.1. The molecule has 0 atom stereocenters. The Labute approximate surface area is 137 Å². The molecule has 0 aliphatic rings. The number of hydrogen-bond donors (Lipinski definition) is 2. The van der Waals surface area contributed by atoms with Gasteiger partial charge in [0.1, 0.15) is 5.75 Å². The van der Waals surface area contributed by atoms with Gasteiger partial charge in [0.25, 0.3) is 0 Å². The van der Waals surface area contributed by atoms with E-state index in [1.807, 2.05) is 43.3 Å². The van der Waals surface area contributed by atoms with Crippen molar-refractivity contribution >= 4 is 11.6 Å². The summed E-state index contributed by atoms with van der Waals surface area (Å²) in [6.45, 7) is 2.63. The number of nitrogens with one attached hydrogen (secondary N) is 1. The van der Waals surface area contributed by atoms with Gasteiger partial charge in [0, 0.05) is 18.7 Å². The van der Waals surface area contributed by atoms with E-state index in [0.29, 0.717) is 19.4 Å². The van der Waals surface area contributed by atoms with Crippen molar-refractivity contribution in [1.82, 2.24) is 5.32 Å². The molecule has 4 nitrogen and oxygen atoms in total. The van der Waals surface area contributed by atoms with Crippen LogP contribution in [0.5, 0.6) is 5.75 Å². The van der Waals surface area contributed by atoms with Gasteiger partial charge in [-0.15, -0.1) is 0 Å². The van der Waals surface area contributed by atoms with Gasteiger partial charge in [-0.2, -0.15) is 0 Å². The minimum absolute atomic E-state index is 0.0485. The number of hydrogen-bond acceptors (Lipinski definition) is 3. The van der Waals surface area contributed by atoms with Crippen molar-refractivity contribution in [1.29, 1.82) is 0 Å². The van der Waals surface area contributed by atoms with Crippen LogP contribution in [0.1, 0.15) is 23.1 Å². The predicted molar refractivity (Wildman–Crippen MR) is 93.6 cm³/mol. The Morgan fingerprint density at radius 2 is 1.96 bits per heavy atom. The van der Waals surface area contributed by atoms with E-state index in [1.54, 1.807) is 7.11 Å². The maximum atomic E-state index is 11.9. The monoisotopic (exact) mass is 312 g/mol. The van der Waals surface area contributed by atoms with Crippen molar-refractivity contribution in [2.45, 2.75) is 26.2 Å². The highest BCUT2D eigenvalue weighted by molar-refractivity contribution is 5.76. The maximum absolute atomic E-state index is 11.9. The number of carbonyl (C=O) groups excluding carboxylic acids is 1. The van der Waals surface area contributed by atoms with Crippen molar-refractivity contribution in [3.05, 3.63) is 59.2 Å². The molecule has 0 spiro atoms. The third-order valence-corrected chi connectivity index (χ3v) is 3.88. The zero-order valence-corrected chi connectivity index (χ0v) is 13.8. The topological polar surface area (TPSA) is 64.3 Å². The Hall–Kier alpha value is -2.49. The number of ether oxygens (including phenoxy) is 1. The standard InChI is InChI=1S/C19H24N2O2/c1-14-7-8-15(13-18(14)23-2)11-12-21-19(22)10-9-16-5-3-4-6-17(16)20/h3-8,13H,9-12,20H2,1-2H3,(H,21,22). The summed E-state index contributed by atoms with van der Waals surface area (Å²) in [4.78, 5) is 11.9. The summed E-state index contributed by atoms with van der Waals surface area (Å²) in [5.41, 5.74) is 9.91. The molecule has 122 valence electrons. The maximum Gasteiger partial charge on any atom is 0.220 e. The Morgan fingerprint density at radius 1 is 1.17 bits per heavy atom. The van der Waals surface area contributed by atoms with Crippen molar-refractivity contribution in [3.8, 4) is 5.75 Å². The number of benzene rings is 2. The lowest BCUT2D eigenvalue weighted by molar-refractivity contribution is -0.121. The molecule has 0 fully saturated rings. The highest BCUT2D eigenvalue weighted by Gasteiger charge is 2.05. The molecule has 2 aromatic carbocycles. The number of amides is 1. The summed E-state index contributed by atoms with van der Waals surface area (Å²) in [7, 11) is 1.67. The molecule has 23 heavy (non-hydrogen) atoms. The minimum atomic E-state index is 0.0485. The van der Waals surface area contributed by atoms with E-state index in [-0.39, 0.29) is 5.91 Å². The van der Waals surface area contributed by atoms with Crippen LogP contribution in [-0.2, 0) is 17.6 Å². The second-order valence-electron chi connectivity index (χ2n) is 5.60. The molecule has 3 N–H and O–H groups in total. The van der Waals surface area contributed by atoms with Gasteiger partial charge in [-0.1, -0.05) is 30.3 Å². The van der Waals surface area contributed by atoms with Crippen LogP contribution in [0.25, 0.3) is 0 Å². The van der Waals surface area contributed by atoms with Gasteiger partial charge >= 0.3 is 0 Å². The van der Waals surface area contributed by atoms with E-state index in [1.165, 1.54) is 0 Å². The fourth-order valence-corrected chi connectivity index (χ4v) is 2.46. The fourth-order valence-electron chi connectivity index (χ4n) is 2.46. The van der Waals surface area contributed by atoms with Crippen LogP contribution in [0, 0.1) is 6.92 Å². The molecule has 0 aliphatic carbocycles. The number of anilines is 1. The molecule has 0 saturated carbocycles. The SMILES string of the molecule is COc1cc(CCNC(=O)CCc2ccccc2N)ccc1C. The summed E-state index contributed by atoms with van der Waals surface area (Å²) in [5.74, 6) is 0.931. The Morgan fingerprint density at radius 3 is 2.70 bits per heavy atom. The molecule has 0 aromatic heterocycles. The number of carbonyl (C=O) groups is 1. The van der Waals surface area contributed by atoms with Crippen LogP contribution < -0.4 is 15.8 Å². The van der Waals surface area contributed by atoms with Gasteiger partial charge < -0.3 is 15.8 Å². The molecule has 0 radical (unpaired) electrons. The van der Waals surface area contributed by atoms with E-state index >= 15 is 0 Å². The molecule has 0 heterocycles. The molecular weight excluding hydrogens is 288 g/mol. The lowest BCUT2D eigenvalue weighted by Gasteiger charge is -2.09. The van der Waals surface area contributed by atoms with Crippen LogP contribution in [0.2, 0.25) is 0 Å². The Bertz CT molecular complexity index is 668. The second-order valence-corrected chi connectivity index (χ2v) is 5.60. The van der Waals surface area contributed by atoms with Crippen molar-refractivity contribution in [2.24, 2.45) is 0 Å². The molecule has 0 bridgehead atoms. The molecule has 1 amide bonds. The zero-order chi connectivity index (χ0) is 16.7. The summed E-state index contributed by atoms with van der Waals surface area (Å²) in [5, 5.41) is 2.95. The normalized spacial score (nSPS) is 10.3. The first kappa shape index (κ1) is 16.9. The highest BCUT2D eigenvalue weighted by atomic mass is 16.5. The smallest absolute Gasteiger partial charge is 0.220 e. The van der Waals surface area contributed by atoms with Crippen LogP contribution in [0.15, 0.2) is 42.5 Å². The highest BCUT2D eigenvalue weighted by Crippen LogP contribution is 2.19. The Balaban J connectivity index is 1.76. The van der Waals surface area contributed by atoms with Crippen molar-refractivity contribution in [3.63, 3.8) is 0 Å². The molecule has 0 unspecified atom stereocenters. The number of methoxy groups -OCH3 is 1. The molecule has 4 heteroatoms. The molecule has 2 aromatic rings. The first-order valence-electron chi connectivity index (χ1n) is 7.83. The summed E-state index contributed by atoms with van der Waals surface area (Å²) in [6, 6.07) is 13.8. The molecule has 0 aliphatic heterocycles. The predicted octanol–water partition coefficient (Wildman–Crippen LogP) is 2.88. The van der Waals surface area contributed by atoms with Crippen molar-refractivity contribution < 1.29 is 9.53 Å². The number of aryl methyl sites for hydroxylation is 2. The molecule has 0 saturated heterocycles. The van der Waals surface area contributed by atoms with Crippen LogP contribution in [0.3, 0.4) is 0 Å². The molecular formula is C19H24N2O2. The van der Waals surface area contributed by atoms with E-state index in [9.17, 15) is 4.79 Å². The summed E-state index contributed by atoms with van der Waals surface area (Å²) >= 11 is 0. The quantitative estimate of drug-likeness (QED) is 0.773. The number of rotatable bonds is 7. The van der Waals surface area contributed by atoms with Gasteiger partial charge in [0.2, 0.25) is 5.91 Å². The number of para-hydroxylation sites is 1. The third kappa shape index (κ3) is 5.02. The first-order chi connectivity index (χ1) is 11.1. The average molecular weight is 312 g/mol. The van der Waals surface area contributed by atoms with Crippen LogP contribution >= 0.6 is 0 Å². The van der Waals surface area contributed by atoms with E-state index in [2.05, 4.69) is 11.4 Å². The van der Waals surface area contributed by atoms with Gasteiger partial charge in [-0.25, -0.2) is 0 Å². The lowest BCUT2D eigenvalue weighted by Crippen LogP contribution is -2.26. The second kappa shape index (κ2) is 8.22. The molecule has 2 rings (SSSR count). The minimum Gasteiger partial charge on any atom is -0.496 e. The van der Waals surface area contributed by atoms with Gasteiger partial charge in [-0.05, 0) is 48.6 Å².